The highest BCUT2D eigenvalue weighted by molar-refractivity contribution is 7.90. The second-order valence-electron chi connectivity index (χ2n) is 7.18. The fourth-order valence-electron chi connectivity index (χ4n) is 2.68. The minimum atomic E-state index is -4.12. The number of benzene rings is 1. The molecule has 0 aliphatic rings. The minimum absolute atomic E-state index is 0.0188. The van der Waals surface area contributed by atoms with Gasteiger partial charge in [0, 0.05) is 33.5 Å². The van der Waals surface area contributed by atoms with Crippen LogP contribution in [0.4, 0.5) is 0 Å². The number of rotatable bonds is 12. The van der Waals surface area contributed by atoms with Gasteiger partial charge in [0.05, 0.1) is 17.1 Å². The van der Waals surface area contributed by atoms with E-state index in [-0.39, 0.29) is 22.1 Å². The Bertz CT molecular complexity index is 1090. The van der Waals surface area contributed by atoms with Crippen molar-refractivity contribution in [1.82, 2.24) is 20.3 Å². The molecule has 0 saturated carbocycles. The second-order valence-corrected chi connectivity index (χ2v) is 8.86. The van der Waals surface area contributed by atoms with Crippen LogP contribution < -0.4 is 15.4 Å². The number of hydrogen-bond donors (Lipinski definition) is 3. The fraction of sp³-hybridized carbons (Fsp3) is 0.364. The molecule has 1 unspecified atom stereocenters. The minimum Gasteiger partial charge on any atom is -0.383 e. The maximum atomic E-state index is 12.6. The Hall–Kier alpha value is -3.35. The molecule has 184 valence electrons. The highest BCUT2D eigenvalue weighted by atomic mass is 32.2. The maximum Gasteiger partial charge on any atom is 0.269 e. The lowest BCUT2D eigenvalue weighted by atomic mass is 10.1. The van der Waals surface area contributed by atoms with E-state index >= 15 is 0 Å². The zero-order valence-electron chi connectivity index (χ0n) is 19.2. The lowest BCUT2D eigenvalue weighted by molar-refractivity contribution is -0.129. The van der Waals surface area contributed by atoms with E-state index in [0.29, 0.717) is 26.1 Å². The van der Waals surface area contributed by atoms with Crippen LogP contribution in [-0.2, 0) is 30.7 Å². The first-order chi connectivity index (χ1) is 16.2. The lowest BCUT2D eigenvalue weighted by Crippen LogP contribution is -2.35. The Balaban J connectivity index is 1.94. The standard InChI is InChI=1S/C22H28N4O7S/c1-15(33-3)20(27)23-11-10-16-4-7-18(8-5-16)34(30,31)26-21(28)17-6-9-19(25-14-17)22(29)24-12-13-32-2/h4-9,14-15H,10-13H2,1-3H3,(H,23,27)(H,24,29)(H,26,28). The van der Waals surface area contributed by atoms with Gasteiger partial charge in [0.1, 0.15) is 11.8 Å². The molecule has 12 heteroatoms. The van der Waals surface area contributed by atoms with E-state index in [4.69, 9.17) is 9.47 Å². The summed E-state index contributed by atoms with van der Waals surface area (Å²) in [5.74, 6) is -1.55. The zero-order chi connectivity index (χ0) is 25.1. The van der Waals surface area contributed by atoms with Crippen LogP contribution in [0, 0.1) is 0 Å². The Morgan fingerprint density at radius 1 is 0.971 bits per heavy atom. The molecule has 1 heterocycles. The van der Waals surface area contributed by atoms with Gasteiger partial charge in [0.25, 0.3) is 21.8 Å². The number of methoxy groups -OCH3 is 2. The molecule has 2 aromatic rings. The summed E-state index contributed by atoms with van der Waals surface area (Å²) in [6.45, 7) is 2.64. The topological polar surface area (TPSA) is 153 Å². The molecule has 11 nitrogen and oxygen atoms in total. The Morgan fingerprint density at radius 2 is 1.68 bits per heavy atom. The largest absolute Gasteiger partial charge is 0.383 e. The summed E-state index contributed by atoms with van der Waals surface area (Å²) in [6, 6.07) is 8.58. The van der Waals surface area contributed by atoms with E-state index in [2.05, 4.69) is 15.6 Å². The monoisotopic (exact) mass is 492 g/mol. The number of carbonyl (C=O) groups is 3. The Labute approximate surface area is 198 Å². The van der Waals surface area contributed by atoms with Crippen LogP contribution in [-0.4, -0.2) is 71.1 Å². The van der Waals surface area contributed by atoms with Crippen molar-refractivity contribution in [3.63, 3.8) is 0 Å². The van der Waals surface area contributed by atoms with E-state index in [9.17, 15) is 22.8 Å². The van der Waals surface area contributed by atoms with Crippen molar-refractivity contribution in [2.45, 2.75) is 24.3 Å². The lowest BCUT2D eigenvalue weighted by Gasteiger charge is -2.11. The average Bonchev–Trinajstić information content (AvgIpc) is 2.83. The molecule has 0 bridgehead atoms. The van der Waals surface area contributed by atoms with Crippen LogP contribution >= 0.6 is 0 Å². The third-order valence-corrected chi connectivity index (χ3v) is 6.09. The van der Waals surface area contributed by atoms with Crippen LogP contribution in [0.5, 0.6) is 0 Å². The number of ether oxygens (including phenoxy) is 2. The van der Waals surface area contributed by atoms with Crippen LogP contribution in [0.3, 0.4) is 0 Å². The van der Waals surface area contributed by atoms with Crippen LogP contribution in [0.2, 0.25) is 0 Å². The van der Waals surface area contributed by atoms with E-state index in [1.165, 1.54) is 38.5 Å². The van der Waals surface area contributed by atoms with E-state index in [0.717, 1.165) is 11.8 Å². The SMILES string of the molecule is COCCNC(=O)c1ccc(C(=O)NS(=O)(=O)c2ccc(CCNC(=O)C(C)OC)cc2)cn1. The van der Waals surface area contributed by atoms with Crippen molar-refractivity contribution in [1.29, 1.82) is 0 Å². The molecule has 1 aromatic heterocycles. The number of aromatic nitrogens is 1. The number of sulfonamides is 1. The smallest absolute Gasteiger partial charge is 0.269 e. The van der Waals surface area contributed by atoms with Gasteiger partial charge in [-0.25, -0.2) is 13.1 Å². The molecule has 0 saturated heterocycles. The molecule has 2 rings (SSSR count). The van der Waals surface area contributed by atoms with E-state index in [1.807, 2.05) is 4.72 Å². The summed E-state index contributed by atoms with van der Waals surface area (Å²) < 4.78 is 36.9. The summed E-state index contributed by atoms with van der Waals surface area (Å²) in [7, 11) is -1.17. The molecule has 34 heavy (non-hydrogen) atoms. The van der Waals surface area contributed by atoms with Gasteiger partial charge in [-0.05, 0) is 43.2 Å². The molecule has 3 amide bonds. The number of nitrogens with zero attached hydrogens (tertiary/aromatic N) is 1. The van der Waals surface area contributed by atoms with Crippen LogP contribution in [0.15, 0.2) is 47.5 Å². The first-order valence-corrected chi connectivity index (χ1v) is 11.9. The van der Waals surface area contributed by atoms with Gasteiger partial charge in [-0.15, -0.1) is 0 Å². The third-order valence-electron chi connectivity index (χ3n) is 4.75. The van der Waals surface area contributed by atoms with Gasteiger partial charge in [0.15, 0.2) is 0 Å². The van der Waals surface area contributed by atoms with E-state index in [1.54, 1.807) is 19.1 Å². The number of pyridine rings is 1. The summed E-state index contributed by atoms with van der Waals surface area (Å²) >= 11 is 0. The first-order valence-electron chi connectivity index (χ1n) is 10.4. The van der Waals surface area contributed by atoms with Gasteiger partial charge in [-0.1, -0.05) is 12.1 Å². The molecule has 0 spiro atoms. The van der Waals surface area contributed by atoms with Crippen molar-refractivity contribution in [3.05, 3.63) is 59.4 Å². The van der Waals surface area contributed by atoms with Crippen molar-refractivity contribution in [2.24, 2.45) is 0 Å². The third kappa shape index (κ3) is 7.90. The van der Waals surface area contributed by atoms with Crippen molar-refractivity contribution >= 4 is 27.7 Å². The number of hydrogen-bond acceptors (Lipinski definition) is 8. The zero-order valence-corrected chi connectivity index (χ0v) is 20.0. The number of nitrogens with one attached hydrogen (secondary N) is 3. The molecule has 0 radical (unpaired) electrons. The molecule has 1 aromatic carbocycles. The number of amides is 3. The summed E-state index contributed by atoms with van der Waals surface area (Å²) in [5.41, 5.74) is 0.868. The van der Waals surface area contributed by atoms with Gasteiger partial charge in [-0.3, -0.25) is 19.4 Å². The predicted molar refractivity (Wildman–Crippen MR) is 123 cm³/mol. The van der Waals surface area contributed by atoms with Crippen molar-refractivity contribution < 1.29 is 32.3 Å². The van der Waals surface area contributed by atoms with E-state index < -0.39 is 27.9 Å². The van der Waals surface area contributed by atoms with Gasteiger partial charge >= 0.3 is 0 Å². The Morgan fingerprint density at radius 3 is 2.26 bits per heavy atom. The Kier molecular flexibility index (Phi) is 10.1. The average molecular weight is 493 g/mol. The fourth-order valence-corrected chi connectivity index (χ4v) is 3.65. The summed E-state index contributed by atoms with van der Waals surface area (Å²) in [5, 5.41) is 5.31. The van der Waals surface area contributed by atoms with Crippen LogP contribution in [0.1, 0.15) is 33.3 Å². The predicted octanol–water partition coefficient (Wildman–Crippen LogP) is 0.270. The molecule has 1 atom stereocenters. The highest BCUT2D eigenvalue weighted by Gasteiger charge is 2.19. The molecule has 0 aliphatic carbocycles. The summed E-state index contributed by atoms with van der Waals surface area (Å²) in [6.07, 6.45) is 1.06. The molecular formula is C22H28N4O7S. The molecule has 3 N–H and O–H groups in total. The first kappa shape index (κ1) is 26.9. The van der Waals surface area contributed by atoms with Crippen molar-refractivity contribution in [2.75, 3.05) is 33.9 Å². The maximum absolute atomic E-state index is 12.6. The number of carbonyl (C=O) groups excluding carboxylic acids is 3. The molecule has 0 aliphatic heterocycles. The highest BCUT2D eigenvalue weighted by Crippen LogP contribution is 2.12. The van der Waals surface area contributed by atoms with Crippen LogP contribution in [0.25, 0.3) is 0 Å². The van der Waals surface area contributed by atoms with Gasteiger partial charge in [0.2, 0.25) is 5.91 Å². The quantitative estimate of drug-likeness (QED) is 0.357. The van der Waals surface area contributed by atoms with Gasteiger partial charge < -0.3 is 20.1 Å². The normalized spacial score (nSPS) is 12.0. The summed E-state index contributed by atoms with van der Waals surface area (Å²) in [4.78, 5) is 39.8. The van der Waals surface area contributed by atoms with Crippen molar-refractivity contribution in [3.8, 4) is 0 Å². The second kappa shape index (κ2) is 12.8. The molecule has 0 fully saturated rings. The molecular weight excluding hydrogens is 464 g/mol. The van der Waals surface area contributed by atoms with Gasteiger partial charge in [-0.2, -0.15) is 0 Å².